The van der Waals surface area contributed by atoms with Gasteiger partial charge in [-0.15, -0.1) is 0 Å². The van der Waals surface area contributed by atoms with Gasteiger partial charge in [0.05, 0.1) is 5.56 Å². The number of benzene rings is 1. The molecule has 0 heterocycles. The molecule has 1 unspecified atom stereocenters. The van der Waals surface area contributed by atoms with E-state index in [-0.39, 0.29) is 0 Å². The first-order valence-electron chi connectivity index (χ1n) is 5.88. The van der Waals surface area contributed by atoms with E-state index in [4.69, 9.17) is 0 Å². The molecule has 0 aliphatic rings. The fourth-order valence-electron chi connectivity index (χ4n) is 1.67. The monoisotopic (exact) mass is 275 g/mol. The number of alkyl halides is 3. The molecule has 0 bridgehead atoms. The third-order valence-corrected chi connectivity index (χ3v) is 2.95. The molecule has 1 aromatic carbocycles. The zero-order chi connectivity index (χ0) is 14.7. The van der Waals surface area contributed by atoms with E-state index < -0.39 is 23.2 Å². The highest BCUT2D eigenvalue weighted by Crippen LogP contribution is 2.31. The van der Waals surface area contributed by atoms with Crippen LogP contribution < -0.4 is 5.32 Å². The number of rotatable bonds is 5. The summed E-state index contributed by atoms with van der Waals surface area (Å²) in [5, 5.41) is 12.1. The van der Waals surface area contributed by atoms with E-state index in [9.17, 15) is 23.1 Å². The summed E-state index contributed by atoms with van der Waals surface area (Å²) in [6.07, 6.45) is -3.70. The van der Waals surface area contributed by atoms with Crippen molar-refractivity contribution >= 4 is 5.97 Å². The fraction of sp³-hybridized carbons (Fsp3) is 0.462. The Kier molecular flexibility index (Phi) is 4.57. The molecule has 1 atom stereocenters. The van der Waals surface area contributed by atoms with Gasteiger partial charge < -0.3 is 5.11 Å². The number of carboxylic acid groups (broad SMARTS) is 1. The summed E-state index contributed by atoms with van der Waals surface area (Å²) in [6.45, 7) is 3.78. The zero-order valence-corrected chi connectivity index (χ0v) is 10.7. The molecule has 0 aliphatic heterocycles. The van der Waals surface area contributed by atoms with Crippen LogP contribution in [-0.4, -0.2) is 17.6 Å². The van der Waals surface area contributed by atoms with Gasteiger partial charge in [0.1, 0.15) is 5.54 Å². The molecule has 3 nitrogen and oxygen atoms in total. The topological polar surface area (TPSA) is 49.3 Å². The molecule has 0 spiro atoms. The number of nitrogens with one attached hydrogen (secondary N) is 1. The summed E-state index contributed by atoms with van der Waals surface area (Å²) in [4.78, 5) is 11.3. The van der Waals surface area contributed by atoms with Crippen LogP contribution in [0.25, 0.3) is 0 Å². The zero-order valence-electron chi connectivity index (χ0n) is 10.7. The Morgan fingerprint density at radius 1 is 1.21 bits per heavy atom. The van der Waals surface area contributed by atoms with Crippen LogP contribution in [0.2, 0.25) is 0 Å². The molecular weight excluding hydrogens is 259 g/mol. The molecule has 6 heteroatoms. The Bertz CT molecular complexity index is 442. The number of hydrogen-bond acceptors (Lipinski definition) is 2. The van der Waals surface area contributed by atoms with Crippen LogP contribution in [0.15, 0.2) is 24.3 Å². The summed E-state index contributed by atoms with van der Waals surface area (Å²) in [5.74, 6) is -1.12. The van der Waals surface area contributed by atoms with E-state index in [0.29, 0.717) is 12.1 Å². The largest absolute Gasteiger partial charge is 0.480 e. The number of aliphatic carboxylic acids is 1. The van der Waals surface area contributed by atoms with Crippen LogP contribution in [-0.2, 0) is 16.5 Å². The van der Waals surface area contributed by atoms with Gasteiger partial charge in [0, 0.05) is 0 Å². The third kappa shape index (κ3) is 3.47. The second-order valence-electron chi connectivity index (χ2n) is 4.43. The lowest BCUT2D eigenvalue weighted by Crippen LogP contribution is -2.47. The maximum atomic E-state index is 12.4. The maximum Gasteiger partial charge on any atom is 0.416 e. The van der Waals surface area contributed by atoms with E-state index in [1.54, 1.807) is 0 Å². The molecule has 0 aromatic heterocycles. The lowest BCUT2D eigenvalue weighted by molar-refractivity contribution is -0.144. The molecule has 19 heavy (non-hydrogen) atoms. The van der Waals surface area contributed by atoms with Crippen molar-refractivity contribution in [2.24, 2.45) is 0 Å². The van der Waals surface area contributed by atoms with Gasteiger partial charge in [-0.2, -0.15) is 13.2 Å². The summed E-state index contributed by atoms with van der Waals surface area (Å²) < 4.78 is 37.3. The van der Waals surface area contributed by atoms with Gasteiger partial charge in [0.25, 0.3) is 0 Å². The minimum Gasteiger partial charge on any atom is -0.480 e. The van der Waals surface area contributed by atoms with Crippen molar-refractivity contribution < 1.29 is 23.1 Å². The van der Waals surface area contributed by atoms with E-state index in [1.165, 1.54) is 19.1 Å². The lowest BCUT2D eigenvalue weighted by Gasteiger charge is -2.27. The Hall–Kier alpha value is -1.56. The fourth-order valence-corrected chi connectivity index (χ4v) is 1.67. The van der Waals surface area contributed by atoms with E-state index in [0.717, 1.165) is 18.6 Å². The van der Waals surface area contributed by atoms with Crippen molar-refractivity contribution in [1.82, 2.24) is 5.32 Å². The summed E-state index contributed by atoms with van der Waals surface area (Å²) in [7, 11) is 0. The van der Waals surface area contributed by atoms with Gasteiger partial charge in [-0.1, -0.05) is 19.1 Å². The molecule has 0 saturated carbocycles. The van der Waals surface area contributed by atoms with Gasteiger partial charge in [-0.3, -0.25) is 5.32 Å². The van der Waals surface area contributed by atoms with Crippen LogP contribution in [0.5, 0.6) is 0 Å². The summed E-state index contributed by atoms with van der Waals surface area (Å²) in [6, 6.07) is 4.17. The first-order chi connectivity index (χ1) is 8.71. The molecule has 1 rings (SSSR count). The number of carboxylic acids is 1. The Morgan fingerprint density at radius 3 is 2.05 bits per heavy atom. The molecule has 0 amide bonds. The normalized spacial score (nSPS) is 15.0. The van der Waals surface area contributed by atoms with Crippen molar-refractivity contribution in [2.45, 2.75) is 32.0 Å². The van der Waals surface area contributed by atoms with Crippen LogP contribution in [0, 0.1) is 0 Å². The van der Waals surface area contributed by atoms with E-state index in [1.807, 2.05) is 6.92 Å². The highest BCUT2D eigenvalue weighted by Gasteiger charge is 2.36. The highest BCUT2D eigenvalue weighted by atomic mass is 19.4. The molecule has 2 N–H and O–H groups in total. The molecule has 106 valence electrons. The molecule has 0 radical (unpaired) electrons. The second-order valence-corrected chi connectivity index (χ2v) is 4.43. The van der Waals surface area contributed by atoms with Gasteiger partial charge in [0.15, 0.2) is 0 Å². The molecular formula is C13H16F3NO2. The van der Waals surface area contributed by atoms with E-state index >= 15 is 0 Å². The average Bonchev–Trinajstić information content (AvgIpc) is 2.34. The van der Waals surface area contributed by atoms with Crippen molar-refractivity contribution in [3.63, 3.8) is 0 Å². The van der Waals surface area contributed by atoms with Crippen molar-refractivity contribution in [1.29, 1.82) is 0 Å². The molecule has 0 aliphatic carbocycles. The molecule has 1 aromatic rings. The average molecular weight is 275 g/mol. The van der Waals surface area contributed by atoms with Crippen LogP contribution in [0.3, 0.4) is 0 Å². The standard InChI is InChI=1S/C13H16F3NO2/c1-3-8-17-12(2,11(18)19)9-4-6-10(7-5-9)13(14,15)16/h4-7,17H,3,8H2,1-2H3,(H,18,19). The first kappa shape index (κ1) is 15.5. The Balaban J connectivity index is 3.08. The van der Waals surface area contributed by atoms with Gasteiger partial charge >= 0.3 is 12.1 Å². The summed E-state index contributed by atoms with van der Waals surface area (Å²) >= 11 is 0. The van der Waals surface area contributed by atoms with Crippen LogP contribution >= 0.6 is 0 Å². The van der Waals surface area contributed by atoms with Crippen molar-refractivity contribution in [2.75, 3.05) is 6.54 Å². The Labute approximate surface area is 109 Å². The highest BCUT2D eigenvalue weighted by molar-refractivity contribution is 5.80. The number of carbonyl (C=O) groups is 1. The van der Waals surface area contributed by atoms with Gasteiger partial charge in [-0.25, -0.2) is 4.79 Å². The second kappa shape index (κ2) is 5.61. The van der Waals surface area contributed by atoms with Crippen molar-refractivity contribution in [3.05, 3.63) is 35.4 Å². The number of hydrogen-bond donors (Lipinski definition) is 2. The predicted molar refractivity (Wildman–Crippen MR) is 64.7 cm³/mol. The van der Waals surface area contributed by atoms with Gasteiger partial charge in [0.2, 0.25) is 0 Å². The minimum absolute atomic E-state index is 0.293. The maximum absolute atomic E-state index is 12.4. The Morgan fingerprint density at radius 2 is 1.68 bits per heavy atom. The van der Waals surface area contributed by atoms with Crippen molar-refractivity contribution in [3.8, 4) is 0 Å². The van der Waals surface area contributed by atoms with Crippen LogP contribution in [0.1, 0.15) is 31.4 Å². The minimum atomic E-state index is -4.42. The van der Waals surface area contributed by atoms with Gasteiger partial charge in [-0.05, 0) is 37.6 Å². The molecule has 0 saturated heterocycles. The molecule has 0 fully saturated rings. The van der Waals surface area contributed by atoms with Crippen LogP contribution in [0.4, 0.5) is 13.2 Å². The summed E-state index contributed by atoms with van der Waals surface area (Å²) in [5.41, 5.74) is -1.89. The van der Waals surface area contributed by atoms with E-state index in [2.05, 4.69) is 5.32 Å². The SMILES string of the molecule is CCCNC(C)(C(=O)O)c1ccc(C(F)(F)F)cc1. The lowest BCUT2D eigenvalue weighted by atomic mass is 9.91. The number of halogens is 3. The smallest absolute Gasteiger partial charge is 0.416 e. The predicted octanol–water partition coefficient (Wildman–Crippen LogP) is 3.00. The third-order valence-electron chi connectivity index (χ3n) is 2.95. The first-order valence-corrected chi connectivity index (χ1v) is 5.88. The quantitative estimate of drug-likeness (QED) is 0.868.